The summed E-state index contributed by atoms with van der Waals surface area (Å²) in [6.07, 6.45) is 0. The van der Waals surface area contributed by atoms with Gasteiger partial charge in [-0.3, -0.25) is 0 Å². The molecule has 0 saturated carbocycles. The molecule has 46 valence electrons. The fourth-order valence-electron chi connectivity index (χ4n) is 0. The topological polar surface area (TPSA) is 60.2 Å². The van der Waals surface area contributed by atoms with E-state index < -0.39 is 0 Å². The van der Waals surface area contributed by atoms with Crippen molar-refractivity contribution in [3.8, 4) is 0 Å². The summed E-state index contributed by atoms with van der Waals surface area (Å²) in [5.41, 5.74) is 4.50. The quantitative estimate of drug-likeness (QED) is 0.468. The standard InChI is InChI=1S/CH5N.2CH2O.CH4/c3*1-2;/h2H2,1H3;2*1H2;1H4. The lowest BCUT2D eigenvalue weighted by Gasteiger charge is -1.19. The van der Waals surface area contributed by atoms with Crippen molar-refractivity contribution < 1.29 is 9.59 Å². The van der Waals surface area contributed by atoms with Crippen LogP contribution in [0.5, 0.6) is 0 Å². The minimum Gasteiger partial charge on any atom is -0.333 e. The first-order valence-electron chi connectivity index (χ1n) is 1.15. The lowest BCUT2D eigenvalue weighted by molar-refractivity contribution is -0.0987. The van der Waals surface area contributed by atoms with Gasteiger partial charge in [0, 0.05) is 0 Å². The molecule has 0 fully saturated rings. The fourth-order valence-corrected chi connectivity index (χ4v) is 0. The fraction of sp³-hybridized carbons (Fsp3) is 0.500. The van der Waals surface area contributed by atoms with E-state index in [1.807, 2.05) is 13.6 Å². The third-order valence-electron chi connectivity index (χ3n) is 0. The summed E-state index contributed by atoms with van der Waals surface area (Å²) < 4.78 is 0. The Labute approximate surface area is 44.5 Å². The van der Waals surface area contributed by atoms with E-state index in [9.17, 15) is 0 Å². The maximum atomic E-state index is 8.00. The lowest BCUT2D eigenvalue weighted by Crippen LogP contribution is -1.69. The van der Waals surface area contributed by atoms with Crippen molar-refractivity contribution in [1.29, 1.82) is 0 Å². The van der Waals surface area contributed by atoms with Crippen LogP contribution in [0.25, 0.3) is 0 Å². The molecular formula is C4H13NO2. The van der Waals surface area contributed by atoms with E-state index in [0.29, 0.717) is 0 Å². The first-order valence-corrected chi connectivity index (χ1v) is 1.15. The second kappa shape index (κ2) is 200. The van der Waals surface area contributed by atoms with Crippen LogP contribution in [0.1, 0.15) is 7.43 Å². The van der Waals surface area contributed by atoms with Crippen LogP contribution in [0.3, 0.4) is 0 Å². The van der Waals surface area contributed by atoms with Crippen LogP contribution in [0.4, 0.5) is 0 Å². The van der Waals surface area contributed by atoms with Crippen molar-refractivity contribution in [3.05, 3.63) is 0 Å². The zero-order valence-electron chi connectivity index (χ0n) is 3.81. The monoisotopic (exact) mass is 107 g/mol. The molecule has 0 heterocycles. The van der Waals surface area contributed by atoms with Gasteiger partial charge in [0.05, 0.1) is 0 Å². The summed E-state index contributed by atoms with van der Waals surface area (Å²) in [7, 11) is 1.50. The number of carbonyl (C=O) groups is 2. The Hall–Kier alpha value is -0.700. The Morgan fingerprint density at radius 2 is 1.00 bits per heavy atom. The molecule has 0 radical (unpaired) electrons. The van der Waals surface area contributed by atoms with Crippen molar-refractivity contribution >= 4 is 13.6 Å². The summed E-state index contributed by atoms with van der Waals surface area (Å²) in [5, 5.41) is 0. The molecule has 2 N–H and O–H groups in total. The van der Waals surface area contributed by atoms with Crippen molar-refractivity contribution in [2.45, 2.75) is 7.43 Å². The molecule has 0 aromatic heterocycles. The van der Waals surface area contributed by atoms with Gasteiger partial charge in [-0.25, -0.2) is 0 Å². The van der Waals surface area contributed by atoms with Crippen LogP contribution in [-0.2, 0) is 9.59 Å². The molecule has 0 aliphatic heterocycles. The molecule has 3 heteroatoms. The Bertz CT molecular complexity index is 11.7. The van der Waals surface area contributed by atoms with Gasteiger partial charge in [-0.2, -0.15) is 0 Å². The van der Waals surface area contributed by atoms with Crippen molar-refractivity contribution in [3.63, 3.8) is 0 Å². The molecule has 0 unspecified atom stereocenters. The van der Waals surface area contributed by atoms with Crippen LogP contribution in [-0.4, -0.2) is 20.6 Å². The molecule has 3 nitrogen and oxygen atoms in total. The molecule has 0 amide bonds. The molecule has 0 aromatic carbocycles. The van der Waals surface area contributed by atoms with Crippen LogP contribution in [0.15, 0.2) is 0 Å². The first-order chi connectivity index (χ1) is 3.00. The van der Waals surface area contributed by atoms with Gasteiger partial charge in [0.2, 0.25) is 0 Å². The number of carbonyl (C=O) groups excluding carboxylic acids is 2. The Balaban J connectivity index is -0.00000000900. The van der Waals surface area contributed by atoms with Gasteiger partial charge < -0.3 is 15.3 Å². The van der Waals surface area contributed by atoms with Crippen molar-refractivity contribution in [1.82, 2.24) is 0 Å². The SMILES string of the molecule is C.C=O.C=O.CN. The van der Waals surface area contributed by atoms with Crippen molar-refractivity contribution in [2.75, 3.05) is 7.05 Å². The second-order valence-corrected chi connectivity index (χ2v) is 0. The van der Waals surface area contributed by atoms with E-state index in [-0.39, 0.29) is 7.43 Å². The van der Waals surface area contributed by atoms with Gasteiger partial charge in [0.1, 0.15) is 13.6 Å². The normalized spacial score (nSPS) is 2.00. The third kappa shape index (κ3) is 118. The molecule has 0 aromatic rings. The van der Waals surface area contributed by atoms with E-state index in [1.54, 1.807) is 0 Å². The molecule has 0 aliphatic carbocycles. The van der Waals surface area contributed by atoms with Gasteiger partial charge in [-0.1, -0.05) is 7.43 Å². The van der Waals surface area contributed by atoms with Gasteiger partial charge in [0.25, 0.3) is 0 Å². The lowest BCUT2D eigenvalue weighted by atomic mass is 11.6. The highest BCUT2D eigenvalue weighted by atomic mass is 16.1. The maximum absolute atomic E-state index is 8.00. The van der Waals surface area contributed by atoms with E-state index in [2.05, 4.69) is 5.73 Å². The number of rotatable bonds is 0. The Morgan fingerprint density at radius 3 is 1.00 bits per heavy atom. The first kappa shape index (κ1) is 33.5. The Morgan fingerprint density at radius 1 is 1.00 bits per heavy atom. The van der Waals surface area contributed by atoms with Gasteiger partial charge in [0.15, 0.2) is 0 Å². The molecule has 0 aliphatic rings. The highest BCUT2D eigenvalue weighted by molar-refractivity contribution is 5.11. The summed E-state index contributed by atoms with van der Waals surface area (Å²) in [6.45, 7) is 4.00. The molecular weight excluding hydrogens is 94.0 g/mol. The van der Waals surface area contributed by atoms with E-state index in [0.717, 1.165) is 0 Å². The molecule has 0 bridgehead atoms. The number of hydrogen-bond acceptors (Lipinski definition) is 3. The van der Waals surface area contributed by atoms with Gasteiger partial charge in [-0.15, -0.1) is 0 Å². The predicted molar refractivity (Wildman–Crippen MR) is 31.1 cm³/mol. The summed E-state index contributed by atoms with van der Waals surface area (Å²) in [5.74, 6) is 0. The van der Waals surface area contributed by atoms with E-state index >= 15 is 0 Å². The summed E-state index contributed by atoms with van der Waals surface area (Å²) in [6, 6.07) is 0. The minimum atomic E-state index is 0. The highest BCUT2D eigenvalue weighted by Crippen LogP contribution is 0.497. The second-order valence-electron chi connectivity index (χ2n) is 0. The summed E-state index contributed by atoms with van der Waals surface area (Å²) in [4.78, 5) is 16.0. The number of hydrogen-bond donors (Lipinski definition) is 1. The summed E-state index contributed by atoms with van der Waals surface area (Å²) >= 11 is 0. The zero-order chi connectivity index (χ0) is 6.00. The average Bonchev–Trinajstić information content (AvgIpc) is 1.81. The van der Waals surface area contributed by atoms with Gasteiger partial charge >= 0.3 is 0 Å². The maximum Gasteiger partial charge on any atom is 0.106 e. The minimum absolute atomic E-state index is 0. The number of nitrogens with two attached hydrogens (primary N) is 1. The van der Waals surface area contributed by atoms with Gasteiger partial charge in [-0.05, 0) is 7.05 Å². The van der Waals surface area contributed by atoms with Crippen LogP contribution in [0.2, 0.25) is 0 Å². The third-order valence-corrected chi connectivity index (χ3v) is 0. The molecule has 0 spiro atoms. The molecule has 7 heavy (non-hydrogen) atoms. The van der Waals surface area contributed by atoms with Crippen LogP contribution in [0, 0.1) is 0 Å². The highest BCUT2D eigenvalue weighted by Gasteiger charge is 0.836. The average molecular weight is 107 g/mol. The van der Waals surface area contributed by atoms with Crippen LogP contribution >= 0.6 is 0 Å². The van der Waals surface area contributed by atoms with E-state index in [4.69, 9.17) is 9.59 Å². The zero-order valence-corrected chi connectivity index (χ0v) is 3.81. The molecule has 0 rings (SSSR count). The molecule has 0 saturated heterocycles. The van der Waals surface area contributed by atoms with E-state index in [1.165, 1.54) is 7.05 Å². The smallest absolute Gasteiger partial charge is 0.106 e. The predicted octanol–water partition coefficient (Wildman–Crippen LogP) is -0.159. The van der Waals surface area contributed by atoms with Crippen molar-refractivity contribution in [2.24, 2.45) is 5.73 Å². The molecule has 0 atom stereocenters. The Kier molecular flexibility index (Phi) is 956. The van der Waals surface area contributed by atoms with Crippen LogP contribution < -0.4 is 5.73 Å². The largest absolute Gasteiger partial charge is 0.333 e.